The highest BCUT2D eigenvalue weighted by Crippen LogP contribution is 2.43. The lowest BCUT2D eigenvalue weighted by Crippen LogP contribution is -2.37. The largest absolute Gasteiger partial charge is 0.498 e. The molecule has 0 aromatic heterocycles. The van der Waals surface area contributed by atoms with Gasteiger partial charge < -0.3 is 24.0 Å². The first-order valence-corrected chi connectivity index (χ1v) is 23.7. The summed E-state index contributed by atoms with van der Waals surface area (Å²) in [5, 5.41) is 10.3. The number of rotatable bonds is 40. The molecular formula is C46H85NO8P+. The third-order valence-electron chi connectivity index (χ3n) is 9.22. The fourth-order valence-corrected chi connectivity index (χ4v) is 6.44. The fourth-order valence-electron chi connectivity index (χ4n) is 5.70. The number of carbonyl (C=O) groups excluding carboxylic acids is 1. The van der Waals surface area contributed by atoms with Crippen LogP contribution in [-0.4, -0.2) is 80.2 Å². The van der Waals surface area contributed by atoms with Crippen molar-refractivity contribution in [3.63, 3.8) is 0 Å². The second-order valence-corrected chi connectivity index (χ2v) is 17.4. The number of phosphoric ester groups is 1. The normalized spacial score (nSPS) is 14.8. The van der Waals surface area contributed by atoms with Crippen LogP contribution in [-0.2, 0) is 27.9 Å². The van der Waals surface area contributed by atoms with Gasteiger partial charge in [-0.25, -0.2) is 4.57 Å². The van der Waals surface area contributed by atoms with E-state index in [1.54, 1.807) is 12.3 Å². The van der Waals surface area contributed by atoms with Crippen molar-refractivity contribution in [3.05, 3.63) is 60.9 Å². The summed E-state index contributed by atoms with van der Waals surface area (Å²) in [5.74, 6) is -0.494. The topological polar surface area (TPSA) is 112 Å². The fraction of sp³-hybridized carbons (Fsp3) is 0.761. The zero-order valence-corrected chi connectivity index (χ0v) is 37.4. The van der Waals surface area contributed by atoms with E-state index in [9.17, 15) is 19.4 Å². The van der Waals surface area contributed by atoms with Gasteiger partial charge >= 0.3 is 13.8 Å². The van der Waals surface area contributed by atoms with E-state index in [1.165, 1.54) is 96.3 Å². The number of carbonyl (C=O) groups is 1. The monoisotopic (exact) mass is 811 g/mol. The molecule has 2 N–H and O–H groups in total. The summed E-state index contributed by atoms with van der Waals surface area (Å²) in [7, 11) is 1.51. The lowest BCUT2D eigenvalue weighted by Gasteiger charge is -2.24. The van der Waals surface area contributed by atoms with Crippen LogP contribution in [0.1, 0.15) is 168 Å². The molecule has 0 fully saturated rings. The summed E-state index contributed by atoms with van der Waals surface area (Å²) in [5.41, 5.74) is 0. The molecule has 0 bridgehead atoms. The van der Waals surface area contributed by atoms with Crippen LogP contribution < -0.4 is 0 Å². The Morgan fingerprint density at radius 2 is 1.20 bits per heavy atom. The minimum absolute atomic E-state index is 0.0296. The van der Waals surface area contributed by atoms with Gasteiger partial charge in [0.25, 0.3) is 0 Å². The van der Waals surface area contributed by atoms with Gasteiger partial charge in [0.1, 0.15) is 19.8 Å². The van der Waals surface area contributed by atoms with Crippen LogP contribution in [0.25, 0.3) is 0 Å². The third kappa shape index (κ3) is 41.6. The quantitative estimate of drug-likeness (QED) is 0.0120. The van der Waals surface area contributed by atoms with E-state index in [0.29, 0.717) is 23.9 Å². The van der Waals surface area contributed by atoms with Gasteiger partial charge in [0.15, 0.2) is 6.10 Å². The van der Waals surface area contributed by atoms with Gasteiger partial charge in [-0.2, -0.15) is 0 Å². The molecule has 0 aromatic carbocycles. The Kier molecular flexibility index (Phi) is 37.1. The number of hydrogen-bond donors (Lipinski definition) is 2. The molecule has 9 nitrogen and oxygen atoms in total. The van der Waals surface area contributed by atoms with Gasteiger partial charge in [0, 0.05) is 6.42 Å². The summed E-state index contributed by atoms with van der Waals surface area (Å²) < 4.78 is 34.5. The molecule has 3 atom stereocenters. The van der Waals surface area contributed by atoms with Crippen molar-refractivity contribution in [2.24, 2.45) is 0 Å². The highest BCUT2D eigenvalue weighted by atomic mass is 31.2. The summed E-state index contributed by atoms with van der Waals surface area (Å²) in [6.07, 6.45) is 45.2. The SMILES string of the molecule is CCCCCCCC/C=C\CCCCCC/C=C/OC[C@H](COP(=O)(O)OCC[N+](C)(C)C)OC(=O)CCCC(O)/C=C/C=C/C/C=C/CCCCCCCC. The van der Waals surface area contributed by atoms with E-state index < -0.39 is 26.0 Å². The van der Waals surface area contributed by atoms with Crippen LogP contribution in [0.2, 0.25) is 0 Å². The Labute approximate surface area is 343 Å². The van der Waals surface area contributed by atoms with Crippen LogP contribution in [0.4, 0.5) is 0 Å². The Bertz CT molecular complexity index is 1100. The zero-order chi connectivity index (χ0) is 41.4. The average molecular weight is 811 g/mol. The predicted molar refractivity (Wildman–Crippen MR) is 234 cm³/mol. The summed E-state index contributed by atoms with van der Waals surface area (Å²) in [6, 6.07) is 0. The minimum atomic E-state index is -4.35. The molecule has 0 saturated carbocycles. The molecule has 0 rings (SSSR count). The predicted octanol–water partition coefficient (Wildman–Crippen LogP) is 12.3. The average Bonchev–Trinajstić information content (AvgIpc) is 3.14. The Morgan fingerprint density at radius 1 is 0.661 bits per heavy atom. The maximum Gasteiger partial charge on any atom is 0.472 e. The minimum Gasteiger partial charge on any atom is -0.498 e. The number of esters is 1. The van der Waals surface area contributed by atoms with Crippen molar-refractivity contribution < 1.29 is 42.4 Å². The summed E-state index contributed by atoms with van der Waals surface area (Å²) in [6.45, 7) is 4.68. The van der Waals surface area contributed by atoms with Crippen molar-refractivity contribution >= 4 is 13.8 Å². The number of allylic oxidation sites excluding steroid dienone is 8. The molecule has 0 aliphatic carbocycles. The Morgan fingerprint density at radius 3 is 1.77 bits per heavy atom. The number of hydrogen-bond acceptors (Lipinski definition) is 7. The number of likely N-dealkylation sites (N-methyl/N-ethyl adjacent to an activating group) is 1. The molecule has 10 heteroatoms. The molecule has 0 aliphatic heterocycles. The van der Waals surface area contributed by atoms with Gasteiger partial charge in [-0.3, -0.25) is 13.8 Å². The maximum absolute atomic E-state index is 12.7. The van der Waals surface area contributed by atoms with Gasteiger partial charge in [0.05, 0.1) is 40.1 Å². The molecule has 56 heavy (non-hydrogen) atoms. The lowest BCUT2D eigenvalue weighted by atomic mass is 10.1. The van der Waals surface area contributed by atoms with E-state index in [-0.39, 0.29) is 26.2 Å². The van der Waals surface area contributed by atoms with Gasteiger partial charge in [-0.15, -0.1) is 0 Å². The van der Waals surface area contributed by atoms with E-state index in [1.807, 2.05) is 39.4 Å². The van der Waals surface area contributed by atoms with Crippen LogP contribution in [0.15, 0.2) is 60.9 Å². The molecule has 0 saturated heterocycles. The molecule has 0 radical (unpaired) electrons. The van der Waals surface area contributed by atoms with Gasteiger partial charge in [-0.1, -0.05) is 140 Å². The lowest BCUT2D eigenvalue weighted by molar-refractivity contribution is -0.870. The number of unbranched alkanes of at least 4 members (excludes halogenated alkanes) is 17. The summed E-state index contributed by atoms with van der Waals surface area (Å²) in [4.78, 5) is 22.9. The number of ether oxygens (including phenoxy) is 2. The molecular weight excluding hydrogens is 725 g/mol. The third-order valence-corrected chi connectivity index (χ3v) is 10.2. The van der Waals surface area contributed by atoms with Crippen molar-refractivity contribution in [3.8, 4) is 0 Å². The van der Waals surface area contributed by atoms with E-state index in [4.69, 9.17) is 18.5 Å². The van der Waals surface area contributed by atoms with E-state index in [0.717, 1.165) is 38.5 Å². The first-order chi connectivity index (χ1) is 27.0. The smallest absolute Gasteiger partial charge is 0.472 e. The standard InChI is InChI=1S/C46H84NO8P/c1-6-8-10-12-14-16-18-20-21-22-24-26-28-30-32-34-40-52-42-45(43-54-56(50,51)53-41-39-47(3,4)5)55-46(49)38-35-37-44(48)36-33-31-29-27-25-23-19-17-15-13-11-9-7-2/h20-21,23,25,29,31,33-34,36,40,44-45,48H,6-19,22,24,26-28,30,32,35,37-39,41-43H2,1-5H3/p+1/b21-20-,25-23+,31-29+,36-33+,40-34+/t44?,45-/m1/s1. The highest BCUT2D eigenvalue weighted by Gasteiger charge is 2.26. The van der Waals surface area contributed by atoms with Gasteiger partial charge in [-0.05, 0) is 76.7 Å². The first-order valence-electron chi connectivity index (χ1n) is 22.2. The number of aliphatic hydroxyl groups excluding tert-OH is 1. The number of phosphoric acid groups is 1. The maximum atomic E-state index is 12.7. The molecule has 0 aromatic rings. The summed E-state index contributed by atoms with van der Waals surface area (Å²) >= 11 is 0. The number of quaternary nitrogens is 1. The van der Waals surface area contributed by atoms with E-state index >= 15 is 0 Å². The van der Waals surface area contributed by atoms with Crippen LogP contribution in [0.3, 0.4) is 0 Å². The van der Waals surface area contributed by atoms with Crippen LogP contribution in [0, 0.1) is 0 Å². The molecule has 0 aliphatic rings. The van der Waals surface area contributed by atoms with Crippen molar-refractivity contribution in [2.75, 3.05) is 47.5 Å². The molecule has 0 spiro atoms. The molecule has 0 amide bonds. The zero-order valence-electron chi connectivity index (χ0n) is 36.5. The Hall–Kier alpha value is -2.00. The van der Waals surface area contributed by atoms with Crippen molar-refractivity contribution in [1.29, 1.82) is 0 Å². The highest BCUT2D eigenvalue weighted by molar-refractivity contribution is 7.47. The first kappa shape index (κ1) is 54.0. The number of nitrogens with zero attached hydrogens (tertiary/aromatic N) is 1. The van der Waals surface area contributed by atoms with E-state index in [2.05, 4.69) is 44.2 Å². The van der Waals surface area contributed by atoms with Crippen LogP contribution in [0.5, 0.6) is 0 Å². The molecule has 2 unspecified atom stereocenters. The second-order valence-electron chi connectivity index (χ2n) is 16.0. The Balaban J connectivity index is 4.51. The van der Waals surface area contributed by atoms with Crippen LogP contribution >= 0.6 is 7.82 Å². The number of aliphatic hydroxyl groups is 1. The molecule has 326 valence electrons. The van der Waals surface area contributed by atoms with Crippen molar-refractivity contribution in [1.82, 2.24) is 0 Å². The molecule has 0 heterocycles. The van der Waals surface area contributed by atoms with Gasteiger partial charge in [0.2, 0.25) is 0 Å². The second kappa shape index (κ2) is 38.5. The van der Waals surface area contributed by atoms with Crippen molar-refractivity contribution in [2.45, 2.75) is 180 Å².